The fraction of sp³-hybridized carbons (Fsp3) is 0.375. The van der Waals surface area contributed by atoms with Gasteiger partial charge in [-0.25, -0.2) is 9.67 Å². The zero-order chi connectivity index (χ0) is 15.6. The highest BCUT2D eigenvalue weighted by atomic mass is 16.5. The molecule has 3 aromatic rings. The van der Waals surface area contributed by atoms with Crippen molar-refractivity contribution in [2.24, 2.45) is 0 Å². The maximum absolute atomic E-state index is 5.36. The van der Waals surface area contributed by atoms with Gasteiger partial charge in [-0.2, -0.15) is 10.1 Å². The summed E-state index contributed by atoms with van der Waals surface area (Å²) in [6.07, 6.45) is 3.60. The largest absolute Gasteiger partial charge is 0.334 e. The van der Waals surface area contributed by atoms with Crippen LogP contribution in [-0.4, -0.2) is 30.9 Å². The molecule has 1 aliphatic rings. The minimum Gasteiger partial charge on any atom is -0.334 e. The van der Waals surface area contributed by atoms with Crippen LogP contribution in [0.15, 0.2) is 35.1 Å². The normalized spacial score (nSPS) is 17.2. The van der Waals surface area contributed by atoms with Gasteiger partial charge in [0.25, 0.3) is 5.89 Å². The predicted octanol–water partition coefficient (Wildman–Crippen LogP) is 1.74. The lowest BCUT2D eigenvalue weighted by Gasteiger charge is -2.22. The van der Waals surface area contributed by atoms with Gasteiger partial charge in [0.05, 0.1) is 13.1 Å². The number of rotatable bonds is 4. The average Bonchev–Trinajstić information content (AvgIpc) is 3.21. The molecule has 7 nitrogen and oxygen atoms in total. The third-order valence-corrected chi connectivity index (χ3v) is 4.09. The topological polar surface area (TPSA) is 81.7 Å². The summed E-state index contributed by atoms with van der Waals surface area (Å²) in [7, 11) is 0. The zero-order valence-electron chi connectivity index (χ0n) is 12.9. The Kier molecular flexibility index (Phi) is 3.63. The number of aromatic nitrogens is 5. The van der Waals surface area contributed by atoms with Gasteiger partial charge in [-0.15, -0.1) is 0 Å². The van der Waals surface area contributed by atoms with Crippen LogP contribution in [0.2, 0.25) is 0 Å². The molecule has 0 radical (unpaired) electrons. The van der Waals surface area contributed by atoms with Gasteiger partial charge in [-0.3, -0.25) is 0 Å². The van der Waals surface area contributed by atoms with E-state index in [2.05, 4.69) is 25.5 Å². The molecule has 0 saturated carbocycles. The maximum atomic E-state index is 5.36. The van der Waals surface area contributed by atoms with E-state index in [0.29, 0.717) is 24.3 Å². The molecule has 0 spiro atoms. The van der Waals surface area contributed by atoms with Gasteiger partial charge < -0.3 is 9.84 Å². The number of hydrogen-bond acceptors (Lipinski definition) is 6. The highest BCUT2D eigenvalue weighted by molar-refractivity contribution is 5.53. The summed E-state index contributed by atoms with van der Waals surface area (Å²) in [5.41, 5.74) is 2.12. The third kappa shape index (κ3) is 3.00. The van der Waals surface area contributed by atoms with E-state index in [1.165, 1.54) is 5.56 Å². The van der Waals surface area contributed by atoms with Crippen molar-refractivity contribution < 1.29 is 4.52 Å². The van der Waals surface area contributed by atoms with Crippen molar-refractivity contribution in [1.82, 2.24) is 30.2 Å². The first-order valence-electron chi connectivity index (χ1n) is 7.77. The van der Waals surface area contributed by atoms with Crippen LogP contribution >= 0.6 is 0 Å². The predicted molar refractivity (Wildman–Crippen MR) is 83.4 cm³/mol. The standard InChI is InChI=1S/C16H18N6O/c1-11-3-2-4-12(7-11)16-20-14(21-23-16)8-17-13-5-6-15-18-10-19-22(15)9-13/h2-4,7,10,13,17H,5-6,8-9H2,1H3/t13-/m1/s1. The lowest BCUT2D eigenvalue weighted by Crippen LogP contribution is -2.37. The van der Waals surface area contributed by atoms with Gasteiger partial charge in [0.2, 0.25) is 0 Å². The third-order valence-electron chi connectivity index (χ3n) is 4.09. The van der Waals surface area contributed by atoms with Crippen LogP contribution in [-0.2, 0) is 19.5 Å². The van der Waals surface area contributed by atoms with E-state index in [4.69, 9.17) is 4.52 Å². The Morgan fingerprint density at radius 2 is 2.35 bits per heavy atom. The Morgan fingerprint density at radius 1 is 1.39 bits per heavy atom. The van der Waals surface area contributed by atoms with Gasteiger partial charge >= 0.3 is 0 Å². The minimum absolute atomic E-state index is 0.352. The summed E-state index contributed by atoms with van der Waals surface area (Å²) < 4.78 is 7.31. The van der Waals surface area contributed by atoms with Gasteiger partial charge in [0, 0.05) is 18.0 Å². The second kappa shape index (κ2) is 5.92. The molecule has 3 heterocycles. The Morgan fingerprint density at radius 3 is 3.26 bits per heavy atom. The number of nitrogens with zero attached hydrogens (tertiary/aromatic N) is 5. The van der Waals surface area contributed by atoms with Gasteiger partial charge in [-0.05, 0) is 25.5 Å². The fourth-order valence-corrected chi connectivity index (χ4v) is 2.86. The molecule has 0 unspecified atom stereocenters. The van der Waals surface area contributed by atoms with Crippen LogP contribution in [0.1, 0.15) is 23.6 Å². The minimum atomic E-state index is 0.352. The molecule has 7 heteroatoms. The summed E-state index contributed by atoms with van der Waals surface area (Å²) in [4.78, 5) is 8.70. The van der Waals surface area contributed by atoms with Gasteiger partial charge in [-0.1, -0.05) is 22.9 Å². The molecule has 4 rings (SSSR count). The van der Waals surface area contributed by atoms with Gasteiger partial charge in [0.15, 0.2) is 5.82 Å². The Balaban J connectivity index is 1.39. The van der Waals surface area contributed by atoms with E-state index in [9.17, 15) is 0 Å². The van der Waals surface area contributed by atoms with Gasteiger partial charge in [0.1, 0.15) is 12.2 Å². The van der Waals surface area contributed by atoms with Crippen molar-refractivity contribution in [2.45, 2.75) is 38.9 Å². The Hall–Kier alpha value is -2.54. The number of nitrogens with one attached hydrogen (secondary N) is 1. The molecule has 0 saturated heterocycles. The van der Waals surface area contributed by atoms with Crippen LogP contribution in [0.4, 0.5) is 0 Å². The summed E-state index contributed by atoms with van der Waals surface area (Å²) in [6, 6.07) is 8.41. The molecule has 1 aromatic carbocycles. The van der Waals surface area contributed by atoms with E-state index >= 15 is 0 Å². The van der Waals surface area contributed by atoms with Crippen molar-refractivity contribution in [2.75, 3.05) is 0 Å². The number of aryl methyl sites for hydroxylation is 2. The van der Waals surface area contributed by atoms with Crippen molar-refractivity contribution in [3.63, 3.8) is 0 Å². The monoisotopic (exact) mass is 310 g/mol. The molecule has 0 amide bonds. The van der Waals surface area contributed by atoms with E-state index < -0.39 is 0 Å². The molecule has 1 aliphatic heterocycles. The fourth-order valence-electron chi connectivity index (χ4n) is 2.86. The quantitative estimate of drug-likeness (QED) is 0.790. The molecule has 0 bridgehead atoms. The van der Waals surface area contributed by atoms with Crippen molar-refractivity contribution in [3.8, 4) is 11.5 Å². The SMILES string of the molecule is Cc1cccc(-c2nc(CN[C@@H]3CCc4ncnn4C3)no2)c1. The first kappa shape index (κ1) is 14.1. The highest BCUT2D eigenvalue weighted by Crippen LogP contribution is 2.18. The van der Waals surface area contributed by atoms with E-state index in [1.807, 2.05) is 35.9 Å². The lowest BCUT2D eigenvalue weighted by molar-refractivity contribution is 0.350. The zero-order valence-corrected chi connectivity index (χ0v) is 12.9. The van der Waals surface area contributed by atoms with E-state index in [1.54, 1.807) is 6.33 Å². The van der Waals surface area contributed by atoms with Crippen molar-refractivity contribution in [1.29, 1.82) is 0 Å². The summed E-state index contributed by atoms with van der Waals surface area (Å²) in [6.45, 7) is 3.46. The maximum Gasteiger partial charge on any atom is 0.257 e. The first-order chi connectivity index (χ1) is 11.3. The van der Waals surface area contributed by atoms with Crippen molar-refractivity contribution >= 4 is 0 Å². The molecular formula is C16H18N6O. The molecule has 1 N–H and O–H groups in total. The molecule has 0 fully saturated rings. The lowest BCUT2D eigenvalue weighted by atomic mass is 10.1. The summed E-state index contributed by atoms with van der Waals surface area (Å²) >= 11 is 0. The van der Waals surface area contributed by atoms with Crippen LogP contribution in [0.25, 0.3) is 11.5 Å². The molecule has 118 valence electrons. The molecular weight excluding hydrogens is 292 g/mol. The second-order valence-corrected chi connectivity index (χ2v) is 5.86. The second-order valence-electron chi connectivity index (χ2n) is 5.86. The first-order valence-corrected chi connectivity index (χ1v) is 7.77. The average molecular weight is 310 g/mol. The number of hydrogen-bond donors (Lipinski definition) is 1. The van der Waals surface area contributed by atoms with Crippen LogP contribution in [0, 0.1) is 6.92 Å². The smallest absolute Gasteiger partial charge is 0.257 e. The molecule has 0 aliphatic carbocycles. The van der Waals surface area contributed by atoms with E-state index in [-0.39, 0.29) is 0 Å². The number of fused-ring (bicyclic) bond motifs is 1. The van der Waals surface area contributed by atoms with Crippen LogP contribution in [0.5, 0.6) is 0 Å². The Bertz CT molecular complexity index is 808. The van der Waals surface area contributed by atoms with Crippen LogP contribution < -0.4 is 5.32 Å². The van der Waals surface area contributed by atoms with Crippen LogP contribution in [0.3, 0.4) is 0 Å². The number of benzene rings is 1. The van der Waals surface area contributed by atoms with Crippen molar-refractivity contribution in [3.05, 3.63) is 47.8 Å². The summed E-state index contributed by atoms with van der Waals surface area (Å²) in [5.74, 6) is 2.29. The molecule has 23 heavy (non-hydrogen) atoms. The molecule has 2 aromatic heterocycles. The highest BCUT2D eigenvalue weighted by Gasteiger charge is 2.20. The van der Waals surface area contributed by atoms with E-state index in [0.717, 1.165) is 30.8 Å². The summed E-state index contributed by atoms with van der Waals surface area (Å²) in [5, 5.41) is 11.8. The molecule has 1 atom stereocenters. The Labute approximate surface area is 133 Å².